The van der Waals surface area contributed by atoms with Crippen molar-refractivity contribution in [3.05, 3.63) is 70.8 Å². The van der Waals surface area contributed by atoms with E-state index in [1.54, 1.807) is 26.6 Å². The monoisotopic (exact) mass is 540 g/mol. The Morgan fingerprint density at radius 1 is 1.03 bits per heavy atom. The van der Waals surface area contributed by atoms with Crippen LogP contribution in [-0.2, 0) is 0 Å². The molecule has 0 spiro atoms. The molecule has 2 N–H and O–H groups in total. The molecule has 3 amide bonds. The number of allylic oxidation sites excluding steroid dienone is 1. The first-order valence-electron chi connectivity index (χ1n) is 12.1. The third-order valence-corrected chi connectivity index (χ3v) is 6.15. The highest BCUT2D eigenvalue weighted by atomic mass is 35.5. The van der Waals surface area contributed by atoms with Gasteiger partial charge in [0.15, 0.2) is 0 Å². The molecule has 37 heavy (non-hydrogen) atoms. The number of hydrogen-bond acceptors (Lipinski definition) is 6. The number of nitrogens with one attached hydrogen (secondary N) is 2. The number of rotatable bonds is 4. The summed E-state index contributed by atoms with van der Waals surface area (Å²) in [6.07, 6.45) is 7.67. The maximum absolute atomic E-state index is 13.0. The van der Waals surface area contributed by atoms with Crippen LogP contribution in [0.3, 0.4) is 0 Å². The largest absolute Gasteiger partial charge is 0.338 e. The third kappa shape index (κ3) is 8.10. The Labute approximate surface area is 228 Å². The Hall–Kier alpha value is -3.30. The van der Waals surface area contributed by atoms with Gasteiger partial charge in [-0.1, -0.05) is 29.8 Å². The molecule has 0 aromatic heterocycles. The molecule has 1 saturated heterocycles. The molecule has 2 aliphatic rings. The van der Waals surface area contributed by atoms with Crippen LogP contribution < -0.4 is 10.6 Å². The fraction of sp³-hybridized carbons (Fsp3) is 0.333. The first kappa shape index (κ1) is 28.3. The van der Waals surface area contributed by atoms with E-state index in [9.17, 15) is 9.59 Å². The van der Waals surface area contributed by atoms with Crippen molar-refractivity contribution in [2.45, 2.75) is 25.3 Å². The van der Waals surface area contributed by atoms with Gasteiger partial charge in [-0.15, -0.1) is 0 Å². The van der Waals surface area contributed by atoms with E-state index in [2.05, 4.69) is 33.2 Å². The van der Waals surface area contributed by atoms with E-state index in [-0.39, 0.29) is 18.0 Å². The summed E-state index contributed by atoms with van der Waals surface area (Å²) in [4.78, 5) is 37.2. The number of carbonyl (C=O) groups is 2. The molecule has 2 aromatic carbocycles. The molecule has 2 heterocycles. The molecule has 196 valence electrons. The molecule has 4 rings (SSSR count). The maximum Gasteiger partial charge on any atom is 0.317 e. The van der Waals surface area contributed by atoms with Crippen LogP contribution in [0.5, 0.6) is 0 Å². The number of piperidine rings is 1. The number of carbonyl (C=O) groups excluding carboxylic acids is 2. The number of benzene rings is 2. The SMILES string of the molecule is CN(C)C(=O)NC1CCN(C(=O)c2ccc(NC3=NC(c4ccc(Cl)cc4)=CCC=N3)cc2)CC1.CS. The number of aliphatic imine (C=N–C) groups is 2. The number of anilines is 1. The third-order valence-electron chi connectivity index (χ3n) is 5.90. The highest BCUT2D eigenvalue weighted by Gasteiger charge is 2.25. The quantitative estimate of drug-likeness (QED) is 0.474. The van der Waals surface area contributed by atoms with Gasteiger partial charge in [0.25, 0.3) is 5.91 Å². The number of nitrogens with zero attached hydrogens (tertiary/aromatic N) is 4. The van der Waals surface area contributed by atoms with E-state index in [1.807, 2.05) is 59.5 Å². The van der Waals surface area contributed by atoms with Gasteiger partial charge in [-0.2, -0.15) is 12.6 Å². The van der Waals surface area contributed by atoms with Crippen molar-refractivity contribution in [1.82, 2.24) is 15.1 Å². The second-order valence-corrected chi connectivity index (χ2v) is 9.13. The maximum atomic E-state index is 13.0. The van der Waals surface area contributed by atoms with Gasteiger partial charge in [0.1, 0.15) is 0 Å². The minimum Gasteiger partial charge on any atom is -0.338 e. The minimum absolute atomic E-state index is 0.00766. The zero-order valence-electron chi connectivity index (χ0n) is 21.3. The minimum atomic E-state index is -0.101. The topological polar surface area (TPSA) is 89.4 Å². The van der Waals surface area contributed by atoms with Crippen LogP contribution in [0.4, 0.5) is 10.5 Å². The lowest BCUT2D eigenvalue weighted by Gasteiger charge is -2.33. The second kappa shape index (κ2) is 13.9. The van der Waals surface area contributed by atoms with Gasteiger partial charge >= 0.3 is 6.03 Å². The lowest BCUT2D eigenvalue weighted by Crippen LogP contribution is -2.48. The predicted octanol–water partition coefficient (Wildman–Crippen LogP) is 5.05. The summed E-state index contributed by atoms with van der Waals surface area (Å²) in [6.45, 7) is 1.23. The molecule has 0 atom stereocenters. The van der Waals surface area contributed by atoms with E-state index >= 15 is 0 Å². The summed E-state index contributed by atoms with van der Waals surface area (Å²) in [5.74, 6) is 0.469. The number of thiol groups is 1. The van der Waals surface area contributed by atoms with E-state index in [4.69, 9.17) is 11.6 Å². The fourth-order valence-electron chi connectivity index (χ4n) is 3.89. The van der Waals surface area contributed by atoms with Gasteiger partial charge in [-0.25, -0.2) is 14.8 Å². The molecule has 0 radical (unpaired) electrons. The number of amides is 3. The zero-order chi connectivity index (χ0) is 26.8. The van der Waals surface area contributed by atoms with Gasteiger partial charge in [0, 0.05) is 67.7 Å². The molecular weight excluding hydrogens is 508 g/mol. The molecule has 0 aliphatic carbocycles. The first-order valence-corrected chi connectivity index (χ1v) is 13.3. The lowest BCUT2D eigenvalue weighted by atomic mass is 10.0. The molecule has 1 fully saturated rings. The van der Waals surface area contributed by atoms with E-state index in [0.717, 1.165) is 29.8 Å². The van der Waals surface area contributed by atoms with Crippen LogP contribution in [0.1, 0.15) is 35.2 Å². The molecule has 0 unspecified atom stereocenters. The van der Waals surface area contributed by atoms with E-state index in [1.165, 1.54) is 4.90 Å². The fourth-order valence-corrected chi connectivity index (χ4v) is 4.02. The molecule has 2 aliphatic heterocycles. The van der Waals surface area contributed by atoms with Crippen LogP contribution in [0.15, 0.2) is 64.6 Å². The summed E-state index contributed by atoms with van der Waals surface area (Å²) in [7, 11) is 3.44. The van der Waals surface area contributed by atoms with Crippen molar-refractivity contribution in [2.75, 3.05) is 38.8 Å². The summed E-state index contributed by atoms with van der Waals surface area (Å²) in [5, 5.41) is 6.90. The van der Waals surface area contributed by atoms with Gasteiger partial charge in [-0.3, -0.25) is 4.79 Å². The van der Waals surface area contributed by atoms with Gasteiger partial charge in [-0.05, 0) is 55.5 Å². The predicted molar refractivity (Wildman–Crippen MR) is 156 cm³/mol. The van der Waals surface area contributed by atoms with E-state index < -0.39 is 0 Å². The Kier molecular flexibility index (Phi) is 10.6. The molecule has 8 nitrogen and oxygen atoms in total. The number of guanidine groups is 1. The summed E-state index contributed by atoms with van der Waals surface area (Å²) >= 11 is 9.53. The molecule has 2 aromatic rings. The van der Waals surface area contributed by atoms with Gasteiger partial charge < -0.3 is 20.4 Å². The standard InChI is InChI=1S/C26H29ClN6O2.CH4S/c1-32(2)26(35)30-22-13-16-33(17-14-22)24(34)19-7-11-21(12-8-19)29-25-28-15-3-4-23(31-25)18-5-9-20(27)10-6-18;1-2/h4-12,15,22H,3,13-14,16-17H2,1-2H3,(H,29,31)(H,30,35);2H,1H3. The summed E-state index contributed by atoms with van der Waals surface area (Å²) in [6, 6.07) is 14.8. The molecule has 0 bridgehead atoms. The Bertz CT molecular complexity index is 1150. The van der Waals surface area contributed by atoms with Crippen molar-refractivity contribution in [3.63, 3.8) is 0 Å². The van der Waals surface area contributed by atoms with E-state index in [0.29, 0.717) is 36.1 Å². The second-order valence-electron chi connectivity index (χ2n) is 8.69. The van der Waals surface area contributed by atoms with Crippen molar-refractivity contribution in [1.29, 1.82) is 0 Å². The summed E-state index contributed by atoms with van der Waals surface area (Å²) in [5.41, 5.74) is 3.20. The van der Waals surface area contributed by atoms with Crippen molar-refractivity contribution in [2.24, 2.45) is 9.98 Å². The average Bonchev–Trinajstić information content (AvgIpc) is 3.16. The zero-order valence-corrected chi connectivity index (χ0v) is 23.0. The van der Waals surface area contributed by atoms with Gasteiger partial charge in [0.2, 0.25) is 5.96 Å². The number of urea groups is 1. The van der Waals surface area contributed by atoms with Crippen LogP contribution in [0.25, 0.3) is 5.70 Å². The Morgan fingerprint density at radius 3 is 2.30 bits per heavy atom. The van der Waals surface area contributed by atoms with Crippen LogP contribution >= 0.6 is 24.2 Å². The van der Waals surface area contributed by atoms with Crippen molar-refractivity contribution < 1.29 is 9.59 Å². The lowest BCUT2D eigenvalue weighted by molar-refractivity contribution is 0.0707. The number of halogens is 1. The number of hydrogen-bond donors (Lipinski definition) is 3. The van der Waals surface area contributed by atoms with Crippen molar-refractivity contribution >= 4 is 59.7 Å². The average molecular weight is 541 g/mol. The smallest absolute Gasteiger partial charge is 0.317 e. The molecule has 0 saturated carbocycles. The molecule has 10 heteroatoms. The van der Waals surface area contributed by atoms with Crippen molar-refractivity contribution in [3.8, 4) is 0 Å². The Balaban J connectivity index is 0.00000186. The first-order chi connectivity index (χ1) is 17.9. The normalized spacial score (nSPS) is 15.4. The van der Waals surface area contributed by atoms with Crippen LogP contribution in [0, 0.1) is 0 Å². The van der Waals surface area contributed by atoms with Gasteiger partial charge in [0.05, 0.1) is 5.70 Å². The molecular formula is C27H33ClN6O2S. The number of likely N-dealkylation sites (tertiary alicyclic amines) is 1. The Morgan fingerprint density at radius 2 is 1.68 bits per heavy atom. The highest BCUT2D eigenvalue weighted by molar-refractivity contribution is 7.79. The van der Waals surface area contributed by atoms with Crippen LogP contribution in [-0.4, -0.2) is 73.4 Å². The summed E-state index contributed by atoms with van der Waals surface area (Å²) < 4.78 is 0. The van der Waals surface area contributed by atoms with Crippen LogP contribution in [0.2, 0.25) is 5.02 Å². The highest BCUT2D eigenvalue weighted by Crippen LogP contribution is 2.22.